The summed E-state index contributed by atoms with van der Waals surface area (Å²) >= 11 is 0. The summed E-state index contributed by atoms with van der Waals surface area (Å²) in [7, 11) is 0. The summed E-state index contributed by atoms with van der Waals surface area (Å²) < 4.78 is 14.3. The maximum Gasteiger partial charge on any atom is 0.358 e. The zero-order chi connectivity index (χ0) is 13.1. The third-order valence-corrected chi connectivity index (χ3v) is 2.69. The van der Waals surface area contributed by atoms with Crippen LogP contribution in [0.5, 0.6) is 0 Å². The Bertz CT molecular complexity index is 551. The molecule has 0 bridgehead atoms. The van der Waals surface area contributed by atoms with Crippen molar-refractivity contribution in [1.82, 2.24) is 15.0 Å². The van der Waals surface area contributed by atoms with Crippen LogP contribution in [0.2, 0.25) is 0 Å². The number of hydrogen-bond acceptors (Lipinski definition) is 3. The average Bonchev–Trinajstić information content (AvgIpc) is 2.82. The number of benzene rings is 1. The van der Waals surface area contributed by atoms with Crippen LogP contribution in [0, 0.1) is 5.82 Å². The fraction of sp³-hybridized carbons (Fsp3) is 0.250. The first-order valence-electron chi connectivity index (χ1n) is 5.52. The lowest BCUT2D eigenvalue weighted by Crippen LogP contribution is -2.10. The molecular formula is C12H12FN3O2. The summed E-state index contributed by atoms with van der Waals surface area (Å²) in [5.41, 5.74) is 0.760. The molecule has 2 aromatic rings. The molecule has 6 heteroatoms. The molecule has 2 rings (SSSR count). The van der Waals surface area contributed by atoms with E-state index in [2.05, 4.69) is 10.3 Å². The highest BCUT2D eigenvalue weighted by Crippen LogP contribution is 2.21. The van der Waals surface area contributed by atoms with E-state index < -0.39 is 5.97 Å². The minimum absolute atomic E-state index is 0.101. The zero-order valence-corrected chi connectivity index (χ0v) is 9.75. The molecule has 1 N–H and O–H groups in total. The fourth-order valence-electron chi connectivity index (χ4n) is 1.79. The topological polar surface area (TPSA) is 68.0 Å². The van der Waals surface area contributed by atoms with Gasteiger partial charge in [0.1, 0.15) is 5.82 Å². The van der Waals surface area contributed by atoms with E-state index in [1.807, 2.05) is 6.92 Å². The van der Waals surface area contributed by atoms with Gasteiger partial charge in [0.05, 0.1) is 12.2 Å². The van der Waals surface area contributed by atoms with Crippen molar-refractivity contribution < 1.29 is 14.3 Å². The van der Waals surface area contributed by atoms with Gasteiger partial charge in [-0.15, -0.1) is 5.10 Å². The van der Waals surface area contributed by atoms with Crippen LogP contribution in [0.3, 0.4) is 0 Å². The van der Waals surface area contributed by atoms with Crippen molar-refractivity contribution in [3.63, 3.8) is 0 Å². The maximum absolute atomic E-state index is 12.9. The second-order valence-corrected chi connectivity index (χ2v) is 3.86. The Morgan fingerprint density at radius 1 is 1.44 bits per heavy atom. The first-order chi connectivity index (χ1) is 8.61. The molecule has 0 amide bonds. The summed E-state index contributed by atoms with van der Waals surface area (Å²) in [4.78, 5) is 10.7. The van der Waals surface area contributed by atoms with Gasteiger partial charge in [-0.3, -0.25) is 0 Å². The van der Waals surface area contributed by atoms with Crippen LogP contribution in [0.4, 0.5) is 4.39 Å². The molecule has 0 spiro atoms. The Balaban J connectivity index is 2.32. The molecule has 0 aliphatic rings. The van der Waals surface area contributed by atoms with Crippen molar-refractivity contribution in [3.8, 4) is 0 Å². The SMILES string of the molecule is CC[C@H](c1ccc(F)cc1)n1cc(C(=O)O)nn1. The Labute approximate surface area is 103 Å². The van der Waals surface area contributed by atoms with Crippen LogP contribution in [-0.2, 0) is 0 Å². The van der Waals surface area contributed by atoms with Crippen LogP contribution in [0.1, 0.15) is 35.4 Å². The highest BCUT2D eigenvalue weighted by Gasteiger charge is 2.16. The normalized spacial score (nSPS) is 12.3. The predicted octanol–water partition coefficient (Wildman–Crippen LogP) is 2.11. The molecule has 0 fully saturated rings. The van der Waals surface area contributed by atoms with Gasteiger partial charge in [-0.2, -0.15) is 0 Å². The van der Waals surface area contributed by atoms with Crippen molar-refractivity contribution in [2.75, 3.05) is 0 Å². The van der Waals surface area contributed by atoms with Crippen molar-refractivity contribution in [2.24, 2.45) is 0 Å². The maximum atomic E-state index is 12.9. The Hall–Kier alpha value is -2.24. The fourth-order valence-corrected chi connectivity index (χ4v) is 1.79. The predicted molar refractivity (Wildman–Crippen MR) is 61.8 cm³/mol. The van der Waals surface area contributed by atoms with Gasteiger partial charge in [0, 0.05) is 0 Å². The van der Waals surface area contributed by atoms with Crippen LogP contribution < -0.4 is 0 Å². The van der Waals surface area contributed by atoms with E-state index >= 15 is 0 Å². The highest BCUT2D eigenvalue weighted by molar-refractivity contribution is 5.84. The number of carbonyl (C=O) groups is 1. The first-order valence-corrected chi connectivity index (χ1v) is 5.52. The number of rotatable bonds is 4. The molecule has 94 valence electrons. The van der Waals surface area contributed by atoms with Crippen molar-refractivity contribution >= 4 is 5.97 Å². The molecule has 1 aromatic heterocycles. The molecule has 0 radical (unpaired) electrons. The highest BCUT2D eigenvalue weighted by atomic mass is 19.1. The summed E-state index contributed by atoms with van der Waals surface area (Å²) in [6.07, 6.45) is 2.08. The summed E-state index contributed by atoms with van der Waals surface area (Å²) in [5, 5.41) is 16.2. The lowest BCUT2D eigenvalue weighted by molar-refractivity contribution is 0.0690. The molecule has 0 saturated heterocycles. The molecule has 0 unspecified atom stereocenters. The monoisotopic (exact) mass is 249 g/mol. The van der Waals surface area contributed by atoms with Crippen molar-refractivity contribution in [1.29, 1.82) is 0 Å². The number of carboxylic acid groups (broad SMARTS) is 1. The number of aromatic carboxylic acids is 1. The molecule has 5 nitrogen and oxygen atoms in total. The Morgan fingerprint density at radius 2 is 2.11 bits per heavy atom. The first kappa shape index (κ1) is 12.2. The Kier molecular flexibility index (Phi) is 3.36. The molecule has 1 heterocycles. The van der Waals surface area contributed by atoms with Gasteiger partial charge >= 0.3 is 5.97 Å². The van der Waals surface area contributed by atoms with Gasteiger partial charge in [-0.05, 0) is 24.1 Å². The third kappa shape index (κ3) is 2.37. The van der Waals surface area contributed by atoms with Crippen LogP contribution in [0.15, 0.2) is 30.5 Å². The molecule has 18 heavy (non-hydrogen) atoms. The second kappa shape index (κ2) is 4.95. The van der Waals surface area contributed by atoms with E-state index in [1.165, 1.54) is 23.0 Å². The molecule has 1 aromatic carbocycles. The van der Waals surface area contributed by atoms with Crippen molar-refractivity contribution in [3.05, 3.63) is 47.5 Å². The summed E-state index contributed by atoms with van der Waals surface area (Å²) in [6.45, 7) is 1.94. The van der Waals surface area contributed by atoms with E-state index in [0.717, 1.165) is 5.56 Å². The van der Waals surface area contributed by atoms with Gasteiger partial charge in [0.25, 0.3) is 0 Å². The number of hydrogen-bond donors (Lipinski definition) is 1. The molecule has 1 atom stereocenters. The Morgan fingerprint density at radius 3 is 2.61 bits per heavy atom. The number of nitrogens with zero attached hydrogens (tertiary/aromatic N) is 3. The molecule has 0 aliphatic carbocycles. The molecule has 0 aliphatic heterocycles. The van der Waals surface area contributed by atoms with Crippen LogP contribution in [0.25, 0.3) is 0 Å². The van der Waals surface area contributed by atoms with Crippen LogP contribution in [-0.4, -0.2) is 26.1 Å². The standard InChI is InChI=1S/C12H12FN3O2/c1-2-11(8-3-5-9(13)6-4-8)16-7-10(12(17)18)14-15-16/h3-7,11H,2H2,1H3,(H,17,18)/t11-/m1/s1. The lowest BCUT2D eigenvalue weighted by Gasteiger charge is -2.14. The summed E-state index contributed by atoms with van der Waals surface area (Å²) in [5.74, 6) is -1.42. The van der Waals surface area contributed by atoms with Gasteiger partial charge in [0.2, 0.25) is 0 Å². The molecular weight excluding hydrogens is 237 g/mol. The van der Waals surface area contributed by atoms with E-state index in [-0.39, 0.29) is 17.6 Å². The summed E-state index contributed by atoms with van der Waals surface area (Å²) in [6, 6.07) is 5.91. The van der Waals surface area contributed by atoms with E-state index in [9.17, 15) is 9.18 Å². The van der Waals surface area contributed by atoms with Gasteiger partial charge in [-0.1, -0.05) is 24.3 Å². The number of aromatic nitrogens is 3. The number of carboxylic acids is 1. The quantitative estimate of drug-likeness (QED) is 0.901. The minimum Gasteiger partial charge on any atom is -0.476 e. The second-order valence-electron chi connectivity index (χ2n) is 3.86. The zero-order valence-electron chi connectivity index (χ0n) is 9.75. The van der Waals surface area contributed by atoms with E-state index in [1.54, 1.807) is 12.1 Å². The smallest absolute Gasteiger partial charge is 0.358 e. The minimum atomic E-state index is -1.12. The van der Waals surface area contributed by atoms with Crippen LogP contribution >= 0.6 is 0 Å². The van der Waals surface area contributed by atoms with E-state index in [4.69, 9.17) is 5.11 Å². The third-order valence-electron chi connectivity index (χ3n) is 2.69. The number of halogens is 1. The largest absolute Gasteiger partial charge is 0.476 e. The van der Waals surface area contributed by atoms with E-state index in [0.29, 0.717) is 6.42 Å². The molecule has 0 saturated carbocycles. The average molecular weight is 249 g/mol. The van der Waals surface area contributed by atoms with Gasteiger partial charge in [-0.25, -0.2) is 13.9 Å². The van der Waals surface area contributed by atoms with Gasteiger partial charge in [0.15, 0.2) is 5.69 Å². The lowest BCUT2D eigenvalue weighted by atomic mass is 10.1. The van der Waals surface area contributed by atoms with Gasteiger partial charge < -0.3 is 5.11 Å². The van der Waals surface area contributed by atoms with Crippen molar-refractivity contribution in [2.45, 2.75) is 19.4 Å².